The van der Waals surface area contributed by atoms with Crippen molar-refractivity contribution in [3.05, 3.63) is 149 Å². The average molecular weight is 1080 g/mol. The summed E-state index contributed by atoms with van der Waals surface area (Å²) in [6, 6.07) is 18.4. The van der Waals surface area contributed by atoms with Crippen LogP contribution >= 0.6 is 0 Å². The van der Waals surface area contributed by atoms with Crippen molar-refractivity contribution in [1.29, 1.82) is 0 Å². The van der Waals surface area contributed by atoms with Crippen LogP contribution in [0.2, 0.25) is 0 Å². The highest BCUT2D eigenvalue weighted by molar-refractivity contribution is 6.08. The zero-order chi connectivity index (χ0) is 55.6. The molecule has 0 aliphatic carbocycles. The van der Waals surface area contributed by atoms with E-state index in [0.717, 1.165) is 23.3 Å². The number of halogens is 6. The van der Waals surface area contributed by atoms with Gasteiger partial charge in [0.2, 0.25) is 35.4 Å². The van der Waals surface area contributed by atoms with Crippen molar-refractivity contribution in [2.24, 2.45) is 0 Å². The normalized spacial score (nSPS) is 17.8. The van der Waals surface area contributed by atoms with Gasteiger partial charge in [0, 0.05) is 92.7 Å². The molecule has 7 N–H and O–H groups in total. The van der Waals surface area contributed by atoms with Gasteiger partial charge in [0.1, 0.15) is 28.1 Å². The number of hydrogen-bond acceptors (Lipinski definition) is 14. The molecule has 11 rings (SSSR count). The van der Waals surface area contributed by atoms with Gasteiger partial charge < -0.3 is 29.6 Å². The van der Waals surface area contributed by atoms with E-state index < -0.39 is 59.2 Å². The van der Waals surface area contributed by atoms with Crippen LogP contribution in [0.3, 0.4) is 0 Å². The largest absolute Gasteiger partial charge is 0.464 e. The molecule has 8 aromatic rings. The monoisotopic (exact) mass is 1080 g/mol. The first-order chi connectivity index (χ1) is 37.1. The summed E-state index contributed by atoms with van der Waals surface area (Å²) >= 11 is 0. The van der Waals surface area contributed by atoms with Crippen molar-refractivity contribution in [2.75, 3.05) is 16.4 Å². The lowest BCUT2D eigenvalue weighted by molar-refractivity contribution is -0.142. The molecule has 400 valence electrons. The second-order valence-corrected chi connectivity index (χ2v) is 18.0. The molecule has 0 radical (unpaired) electrons. The van der Waals surface area contributed by atoms with Gasteiger partial charge in [-0.2, -0.15) is 26.3 Å². The van der Waals surface area contributed by atoms with Gasteiger partial charge in [0.25, 0.3) is 11.8 Å². The minimum atomic E-state index is -4.66. The van der Waals surface area contributed by atoms with Crippen LogP contribution in [0.1, 0.15) is 105 Å². The maximum Gasteiger partial charge on any atom is 0.433 e. The third-order valence-corrected chi connectivity index (χ3v) is 12.8. The molecule has 78 heavy (non-hydrogen) atoms. The number of imide groups is 3. The fourth-order valence-corrected chi connectivity index (χ4v) is 8.96. The van der Waals surface area contributed by atoms with Crippen molar-refractivity contribution in [3.63, 3.8) is 0 Å². The highest BCUT2D eigenvalue weighted by Crippen LogP contribution is 2.37. The van der Waals surface area contributed by atoms with E-state index in [4.69, 9.17) is 19.0 Å². The minimum absolute atomic E-state index is 0.198. The Morgan fingerprint density at radius 3 is 1.19 bits per heavy atom. The number of rotatable bonds is 7. The highest BCUT2D eigenvalue weighted by atomic mass is 19.4. The summed E-state index contributed by atoms with van der Waals surface area (Å²) in [5.74, 6) is -5.01. The molecule has 25 heteroatoms. The van der Waals surface area contributed by atoms with Gasteiger partial charge in [-0.3, -0.25) is 64.3 Å². The van der Waals surface area contributed by atoms with Crippen LogP contribution in [0, 0.1) is 0 Å². The van der Waals surface area contributed by atoms with E-state index in [1.165, 1.54) is 36.8 Å². The predicted molar refractivity (Wildman–Crippen MR) is 263 cm³/mol. The van der Waals surface area contributed by atoms with Gasteiger partial charge in [0.15, 0.2) is 0 Å². The Morgan fingerprint density at radius 1 is 0.500 bits per heavy atom. The van der Waals surface area contributed by atoms with Crippen molar-refractivity contribution in [2.45, 2.75) is 68.6 Å². The van der Waals surface area contributed by atoms with E-state index in [0.29, 0.717) is 93.5 Å². The first-order valence-corrected chi connectivity index (χ1v) is 23.6. The summed E-state index contributed by atoms with van der Waals surface area (Å²) in [5.41, 5.74) is 7.82. The fraction of sp³-hybridized carbons (Fsp3) is 0.208. The quantitative estimate of drug-likeness (QED) is 0.0494. The smallest absolute Gasteiger partial charge is 0.433 e. The van der Waals surface area contributed by atoms with Gasteiger partial charge in [0.05, 0.1) is 36.5 Å². The van der Waals surface area contributed by atoms with E-state index in [1.807, 2.05) is 0 Å². The van der Waals surface area contributed by atoms with Gasteiger partial charge in [-0.05, 0) is 98.1 Å². The second kappa shape index (κ2) is 21.5. The van der Waals surface area contributed by atoms with Crippen LogP contribution < -0.4 is 32.3 Å². The van der Waals surface area contributed by atoms with Gasteiger partial charge in [-0.25, -0.2) is 0 Å². The highest BCUT2D eigenvalue weighted by Gasteiger charge is 2.36. The van der Waals surface area contributed by atoms with Crippen molar-refractivity contribution >= 4 is 97.2 Å². The number of nitrogens with two attached hydrogens (primary N) is 1. The topological polar surface area (TPSA) is 288 Å². The second-order valence-electron chi connectivity index (χ2n) is 18.0. The van der Waals surface area contributed by atoms with E-state index in [-0.39, 0.29) is 53.5 Å². The lowest BCUT2D eigenvalue weighted by atomic mass is 9.90. The molecule has 8 amide bonds. The number of nitrogen functional groups attached to an aromatic ring is 1. The van der Waals surface area contributed by atoms with Crippen LogP contribution in [-0.4, -0.2) is 57.2 Å². The molecule has 3 atom stereocenters. The summed E-state index contributed by atoms with van der Waals surface area (Å²) in [4.78, 5) is 101. The van der Waals surface area contributed by atoms with E-state index >= 15 is 0 Å². The third kappa shape index (κ3) is 11.7. The van der Waals surface area contributed by atoms with E-state index in [2.05, 4.69) is 36.6 Å². The van der Waals surface area contributed by atoms with Gasteiger partial charge in [-0.1, -0.05) is 0 Å². The molecule has 3 unspecified atom stereocenters. The van der Waals surface area contributed by atoms with Crippen molar-refractivity contribution in [3.8, 4) is 0 Å². The van der Waals surface area contributed by atoms with Crippen molar-refractivity contribution < 1.29 is 78.0 Å². The number of hydrogen-bond donors (Lipinski definition) is 6. The maximum absolute atomic E-state index is 12.8. The molecule has 3 fully saturated rings. The SMILES string of the molecule is Nc1ccc2occ(C3CCC(=O)NC3=O)c2c1.O=C1CCC(c2coc3ccc(NC(=O)c4ccnc(C(F)(F)F)c4)cc23)C(=O)N1.O=C1CCC(c2coc3ccc(NC(=O)c4ccnc(C(F)(F)F)c4)cc23)C(=O)N1. The summed E-state index contributed by atoms with van der Waals surface area (Å²) in [5, 5.41) is 13.9. The van der Waals surface area contributed by atoms with Crippen molar-refractivity contribution in [1.82, 2.24) is 25.9 Å². The number of aromatic nitrogens is 2. The number of carbonyl (C=O) groups excluding carboxylic acids is 8. The van der Waals surface area contributed by atoms with Crippen LogP contribution in [0.5, 0.6) is 0 Å². The lowest BCUT2D eigenvalue weighted by Crippen LogP contribution is -2.39. The molecule has 0 spiro atoms. The molecular weight excluding hydrogens is 1040 g/mol. The Hall–Kier alpha value is -9.68. The lowest BCUT2D eigenvalue weighted by Gasteiger charge is -2.20. The molecule has 3 aliphatic heterocycles. The zero-order valence-electron chi connectivity index (χ0n) is 40.1. The van der Waals surface area contributed by atoms with Crippen LogP contribution in [0.25, 0.3) is 32.9 Å². The number of amides is 8. The molecule has 5 aromatic heterocycles. The Kier molecular flexibility index (Phi) is 14.7. The number of furan rings is 3. The minimum Gasteiger partial charge on any atom is -0.464 e. The third-order valence-electron chi connectivity index (χ3n) is 12.8. The molecule has 0 saturated carbocycles. The molecule has 3 saturated heterocycles. The molecular formula is C53H40F6N8O11. The van der Waals surface area contributed by atoms with Gasteiger partial charge in [-0.15, -0.1) is 0 Å². The molecule has 19 nitrogen and oxygen atoms in total. The molecule has 3 aromatic carbocycles. The van der Waals surface area contributed by atoms with Gasteiger partial charge >= 0.3 is 12.4 Å². The summed E-state index contributed by atoms with van der Waals surface area (Å²) in [6.45, 7) is 0. The number of anilines is 3. The molecule has 0 bridgehead atoms. The number of pyridine rings is 2. The Morgan fingerprint density at radius 2 is 0.846 bits per heavy atom. The number of carbonyl (C=O) groups is 8. The number of nitrogens with zero attached hydrogens (tertiary/aromatic N) is 2. The van der Waals surface area contributed by atoms with Crippen LogP contribution in [0.15, 0.2) is 123 Å². The first-order valence-electron chi connectivity index (χ1n) is 23.6. The summed E-state index contributed by atoms with van der Waals surface area (Å²) in [7, 11) is 0. The van der Waals surface area contributed by atoms with E-state index in [1.54, 1.807) is 48.7 Å². The fourth-order valence-electron chi connectivity index (χ4n) is 8.96. The number of fused-ring (bicyclic) bond motifs is 3. The summed E-state index contributed by atoms with van der Waals surface area (Å²) in [6.07, 6.45) is -1.17. The predicted octanol–water partition coefficient (Wildman–Crippen LogP) is 8.77. The zero-order valence-corrected chi connectivity index (χ0v) is 40.1. The first kappa shape index (κ1) is 53.2. The Bertz CT molecular complexity index is 3550. The number of nitrogens with one attached hydrogen (secondary N) is 5. The number of piperidine rings is 3. The van der Waals surface area contributed by atoms with Crippen LogP contribution in [-0.2, 0) is 41.1 Å². The Balaban J connectivity index is 0.000000147. The standard InChI is InChI=1S/2C20H14F3N3O4.C13H12N2O3/c2*21-20(22,23)16-7-10(5-6-24-16)18(28)25-11-1-3-15-13(8-11)14(9-30-15)12-2-4-17(27)26-19(12)29;14-7-1-3-11-9(5-7)10(6-18-11)8-2-4-12(16)15-13(8)17/h2*1,3,5-9,12H,2,4H2,(H,25,28)(H,26,27,29);1,3,5-6,8H,2,4,14H2,(H,15,16,17). The average Bonchev–Trinajstić information content (AvgIpc) is 4.22. The van der Waals surface area contributed by atoms with Crippen LogP contribution in [0.4, 0.5) is 43.4 Å². The number of benzene rings is 3. The number of alkyl halides is 6. The van der Waals surface area contributed by atoms with E-state index in [9.17, 15) is 64.7 Å². The molecule has 8 heterocycles. The maximum atomic E-state index is 12.8. The molecule has 3 aliphatic rings. The Labute approximate surface area is 434 Å². The summed E-state index contributed by atoms with van der Waals surface area (Å²) < 4.78 is 93.2.